The van der Waals surface area contributed by atoms with Crippen molar-refractivity contribution in [2.75, 3.05) is 33.0 Å². The molecule has 0 aliphatic carbocycles. The highest BCUT2D eigenvalue weighted by Gasteiger charge is 2.39. The van der Waals surface area contributed by atoms with Gasteiger partial charge < -0.3 is 18.6 Å². The summed E-state index contributed by atoms with van der Waals surface area (Å²) < 4.78 is 40.6. The smallest absolute Gasteiger partial charge is 0.275 e. The van der Waals surface area contributed by atoms with Gasteiger partial charge in [0.2, 0.25) is 10.0 Å². The van der Waals surface area contributed by atoms with Crippen LogP contribution in [0.2, 0.25) is 0 Å². The van der Waals surface area contributed by atoms with Crippen LogP contribution >= 0.6 is 0 Å². The number of carbonyl (C=O) groups is 1. The predicted molar refractivity (Wildman–Crippen MR) is 91.2 cm³/mol. The van der Waals surface area contributed by atoms with Gasteiger partial charge in [-0.3, -0.25) is 4.79 Å². The fourth-order valence-electron chi connectivity index (χ4n) is 2.83. The predicted octanol–water partition coefficient (Wildman–Crippen LogP) is -0.159. The lowest BCUT2D eigenvalue weighted by Gasteiger charge is -2.43. The zero-order valence-corrected chi connectivity index (χ0v) is 16.1. The maximum atomic E-state index is 12.3. The molecule has 0 radical (unpaired) electrons. The number of amides is 1. The van der Waals surface area contributed by atoms with Crippen LogP contribution in [0.25, 0.3) is 0 Å². The van der Waals surface area contributed by atoms with Crippen LogP contribution in [0.15, 0.2) is 15.2 Å². The van der Waals surface area contributed by atoms with E-state index in [0.717, 1.165) is 6.26 Å². The highest BCUT2D eigenvalue weighted by Crippen LogP contribution is 2.20. The first-order chi connectivity index (χ1) is 12.8. The molecule has 0 aromatic carbocycles. The molecule has 148 valence electrons. The summed E-state index contributed by atoms with van der Waals surface area (Å²) in [6.45, 7) is 2.62. The number of oxazole rings is 1. The molecule has 2 aromatic rings. The number of sulfonamides is 1. The molecule has 12 heteroatoms. The minimum absolute atomic E-state index is 0.195. The Kier molecular flexibility index (Phi) is 5.58. The Bertz CT molecular complexity index is 901. The van der Waals surface area contributed by atoms with Crippen LogP contribution in [0.5, 0.6) is 0 Å². The number of nitrogens with zero attached hydrogens (tertiary/aromatic N) is 5. The third kappa shape index (κ3) is 4.51. The minimum Gasteiger partial charge on any atom is -0.448 e. The van der Waals surface area contributed by atoms with Crippen molar-refractivity contribution in [1.29, 1.82) is 0 Å². The van der Waals surface area contributed by atoms with Crippen molar-refractivity contribution in [2.24, 2.45) is 0 Å². The molecule has 3 rings (SSSR count). The Morgan fingerprint density at radius 3 is 2.74 bits per heavy atom. The van der Waals surface area contributed by atoms with Gasteiger partial charge in [-0.1, -0.05) is 5.16 Å². The lowest BCUT2D eigenvalue weighted by atomic mass is 10.1. The molecular weight excluding hydrogens is 378 g/mol. The number of aryl methyl sites for hydroxylation is 1. The Morgan fingerprint density at radius 2 is 2.15 bits per heavy atom. The van der Waals surface area contributed by atoms with Gasteiger partial charge in [-0.2, -0.15) is 9.29 Å². The summed E-state index contributed by atoms with van der Waals surface area (Å²) in [5.74, 6) is 0.864. The van der Waals surface area contributed by atoms with E-state index in [4.69, 9.17) is 13.7 Å². The average Bonchev–Trinajstić information content (AvgIpc) is 3.17. The molecule has 3 heterocycles. The fourth-order valence-corrected chi connectivity index (χ4v) is 3.93. The third-order valence-electron chi connectivity index (χ3n) is 4.15. The Balaban J connectivity index is 1.59. The Hall–Kier alpha value is -2.31. The van der Waals surface area contributed by atoms with Crippen molar-refractivity contribution < 1.29 is 26.9 Å². The van der Waals surface area contributed by atoms with Crippen molar-refractivity contribution in [1.82, 2.24) is 24.3 Å². The first-order valence-electron chi connectivity index (χ1n) is 8.26. The fraction of sp³-hybridized carbons (Fsp3) is 0.600. The molecule has 1 saturated heterocycles. The van der Waals surface area contributed by atoms with Gasteiger partial charge in [-0.05, 0) is 0 Å². The van der Waals surface area contributed by atoms with Crippen molar-refractivity contribution in [3.05, 3.63) is 29.6 Å². The van der Waals surface area contributed by atoms with E-state index >= 15 is 0 Å². The molecule has 0 unspecified atom stereocenters. The molecule has 1 amide bonds. The second-order valence-electron chi connectivity index (χ2n) is 6.28. The van der Waals surface area contributed by atoms with Crippen LogP contribution in [0, 0.1) is 6.92 Å². The van der Waals surface area contributed by atoms with Gasteiger partial charge in [0.25, 0.3) is 11.8 Å². The molecule has 0 bridgehead atoms. The van der Waals surface area contributed by atoms with E-state index in [9.17, 15) is 13.2 Å². The first kappa shape index (κ1) is 19.5. The van der Waals surface area contributed by atoms with Crippen molar-refractivity contribution in [3.63, 3.8) is 0 Å². The van der Waals surface area contributed by atoms with Crippen LogP contribution in [0.1, 0.15) is 28.1 Å². The average molecular weight is 399 g/mol. The molecule has 27 heavy (non-hydrogen) atoms. The molecule has 0 saturated carbocycles. The number of hydrogen-bond acceptors (Lipinski definition) is 9. The SMILES string of the molecule is COCc1nc(CCN(C2CN(C(=O)c3coc(C)n3)C2)S(C)(=O)=O)no1. The van der Waals surface area contributed by atoms with Gasteiger partial charge in [0.05, 0.1) is 12.3 Å². The largest absolute Gasteiger partial charge is 0.448 e. The number of ether oxygens (including phenoxy) is 1. The number of aromatic nitrogens is 3. The zero-order chi connectivity index (χ0) is 19.6. The van der Waals surface area contributed by atoms with Crippen molar-refractivity contribution >= 4 is 15.9 Å². The number of likely N-dealkylation sites (tertiary alicyclic amines) is 1. The van der Waals surface area contributed by atoms with Gasteiger partial charge in [0.1, 0.15) is 12.9 Å². The minimum atomic E-state index is -3.46. The number of methoxy groups -OCH3 is 1. The maximum absolute atomic E-state index is 12.3. The normalized spacial score (nSPS) is 15.3. The van der Waals surface area contributed by atoms with Crippen LogP contribution in [-0.2, 0) is 27.8 Å². The lowest BCUT2D eigenvalue weighted by Crippen LogP contribution is -2.62. The van der Waals surface area contributed by atoms with E-state index in [1.807, 2.05) is 0 Å². The van der Waals surface area contributed by atoms with Gasteiger partial charge in [-0.25, -0.2) is 13.4 Å². The monoisotopic (exact) mass is 399 g/mol. The van der Waals surface area contributed by atoms with E-state index in [1.54, 1.807) is 6.92 Å². The van der Waals surface area contributed by atoms with E-state index in [0.29, 0.717) is 37.1 Å². The van der Waals surface area contributed by atoms with E-state index < -0.39 is 10.0 Å². The third-order valence-corrected chi connectivity index (χ3v) is 5.49. The molecular formula is C15H21N5O6S. The summed E-state index contributed by atoms with van der Waals surface area (Å²) in [6, 6.07) is -0.303. The molecule has 1 fully saturated rings. The number of rotatable bonds is 8. The highest BCUT2D eigenvalue weighted by atomic mass is 32.2. The second kappa shape index (κ2) is 7.74. The van der Waals surface area contributed by atoms with E-state index in [2.05, 4.69) is 15.1 Å². The standard InChI is InChI=1S/C15H21N5O6S/c1-10-16-12(8-25-10)15(21)19-6-11(7-19)20(27(3,22)23)5-4-13-17-14(9-24-2)26-18-13/h8,11H,4-7,9H2,1-3H3. The summed E-state index contributed by atoms with van der Waals surface area (Å²) in [5, 5.41) is 3.81. The molecule has 0 spiro atoms. The lowest BCUT2D eigenvalue weighted by molar-refractivity contribution is 0.0448. The summed E-state index contributed by atoms with van der Waals surface area (Å²) in [7, 11) is -1.94. The number of carbonyl (C=O) groups excluding carboxylic acids is 1. The van der Waals surface area contributed by atoms with Crippen LogP contribution in [-0.4, -0.2) is 77.7 Å². The molecule has 1 aliphatic heterocycles. The number of hydrogen-bond donors (Lipinski definition) is 0. The Morgan fingerprint density at radius 1 is 1.41 bits per heavy atom. The van der Waals surface area contributed by atoms with Gasteiger partial charge in [0, 0.05) is 40.1 Å². The summed E-state index contributed by atoms with van der Waals surface area (Å²) in [5.41, 5.74) is 0.217. The summed E-state index contributed by atoms with van der Waals surface area (Å²) in [4.78, 5) is 22.0. The van der Waals surface area contributed by atoms with Crippen molar-refractivity contribution in [3.8, 4) is 0 Å². The zero-order valence-electron chi connectivity index (χ0n) is 15.3. The molecule has 0 atom stereocenters. The van der Waals surface area contributed by atoms with E-state index in [-0.39, 0.29) is 30.8 Å². The molecule has 2 aromatic heterocycles. The molecule has 1 aliphatic rings. The molecule has 11 nitrogen and oxygen atoms in total. The maximum Gasteiger partial charge on any atom is 0.275 e. The van der Waals surface area contributed by atoms with E-state index in [1.165, 1.54) is 22.6 Å². The van der Waals surface area contributed by atoms with Gasteiger partial charge in [0.15, 0.2) is 17.4 Å². The summed E-state index contributed by atoms with van der Waals surface area (Å²) in [6.07, 6.45) is 2.74. The van der Waals surface area contributed by atoms with Gasteiger partial charge >= 0.3 is 0 Å². The van der Waals surface area contributed by atoms with Crippen LogP contribution in [0.3, 0.4) is 0 Å². The van der Waals surface area contributed by atoms with Crippen LogP contribution in [0.4, 0.5) is 0 Å². The topological polar surface area (TPSA) is 132 Å². The Labute approximate surface area is 156 Å². The highest BCUT2D eigenvalue weighted by molar-refractivity contribution is 7.88. The quantitative estimate of drug-likeness (QED) is 0.594. The van der Waals surface area contributed by atoms with Gasteiger partial charge in [-0.15, -0.1) is 0 Å². The molecule has 0 N–H and O–H groups in total. The second-order valence-corrected chi connectivity index (χ2v) is 8.21. The van der Waals surface area contributed by atoms with Crippen LogP contribution < -0.4 is 0 Å². The first-order valence-corrected chi connectivity index (χ1v) is 10.1. The summed E-state index contributed by atoms with van der Waals surface area (Å²) >= 11 is 0. The van der Waals surface area contributed by atoms with Crippen molar-refractivity contribution in [2.45, 2.75) is 26.0 Å².